The van der Waals surface area contributed by atoms with Crippen LogP contribution in [0.1, 0.15) is 12.5 Å². The third kappa shape index (κ3) is 4.96. The van der Waals surface area contributed by atoms with Gasteiger partial charge >= 0.3 is 0 Å². The molecule has 3 rings (SSSR count). The summed E-state index contributed by atoms with van der Waals surface area (Å²) in [5.74, 6) is 1.34. The lowest BCUT2D eigenvalue weighted by molar-refractivity contribution is -0.117. The van der Waals surface area contributed by atoms with Gasteiger partial charge in [-0.1, -0.05) is 35.0 Å². The molecule has 1 amide bonds. The number of nitrogens with one attached hydrogen (secondary N) is 1. The number of benzene rings is 2. The lowest BCUT2D eigenvalue weighted by Gasteiger charge is -2.21. The quantitative estimate of drug-likeness (QED) is 0.797. The SMILES string of the molecule is CCN(CC(=O)Nc1ccc2c(c1)OCCO2)Cc1ccc(Br)cc1. The van der Waals surface area contributed by atoms with Crippen LogP contribution in [0.4, 0.5) is 5.69 Å². The summed E-state index contributed by atoms with van der Waals surface area (Å²) in [4.78, 5) is 14.5. The summed E-state index contributed by atoms with van der Waals surface area (Å²) in [5.41, 5.74) is 1.89. The topological polar surface area (TPSA) is 50.8 Å². The summed E-state index contributed by atoms with van der Waals surface area (Å²) >= 11 is 3.44. The van der Waals surface area contributed by atoms with Gasteiger partial charge < -0.3 is 14.8 Å². The number of halogens is 1. The van der Waals surface area contributed by atoms with E-state index in [4.69, 9.17) is 9.47 Å². The molecule has 0 aromatic heterocycles. The zero-order chi connectivity index (χ0) is 17.6. The molecule has 0 spiro atoms. The number of carbonyl (C=O) groups excluding carboxylic acids is 1. The lowest BCUT2D eigenvalue weighted by atomic mass is 10.2. The summed E-state index contributed by atoms with van der Waals surface area (Å²) in [5, 5.41) is 2.93. The van der Waals surface area contributed by atoms with Crippen molar-refractivity contribution in [3.8, 4) is 11.5 Å². The van der Waals surface area contributed by atoms with E-state index in [2.05, 4.69) is 45.2 Å². The Morgan fingerprint density at radius 3 is 2.56 bits per heavy atom. The molecule has 1 heterocycles. The van der Waals surface area contributed by atoms with Crippen LogP contribution in [-0.4, -0.2) is 37.1 Å². The second-order valence-electron chi connectivity index (χ2n) is 5.84. The van der Waals surface area contributed by atoms with Crippen molar-refractivity contribution in [2.24, 2.45) is 0 Å². The number of hydrogen-bond acceptors (Lipinski definition) is 4. The highest BCUT2D eigenvalue weighted by Gasteiger charge is 2.14. The Hall–Kier alpha value is -2.05. The van der Waals surface area contributed by atoms with E-state index in [9.17, 15) is 4.79 Å². The number of nitrogens with zero attached hydrogens (tertiary/aromatic N) is 1. The molecule has 2 aromatic carbocycles. The molecule has 2 aromatic rings. The largest absolute Gasteiger partial charge is 0.486 e. The Morgan fingerprint density at radius 1 is 1.12 bits per heavy atom. The molecule has 1 aliphatic heterocycles. The molecular weight excluding hydrogens is 384 g/mol. The maximum Gasteiger partial charge on any atom is 0.238 e. The molecule has 0 aliphatic carbocycles. The highest BCUT2D eigenvalue weighted by molar-refractivity contribution is 9.10. The van der Waals surface area contributed by atoms with Crippen molar-refractivity contribution >= 4 is 27.5 Å². The number of amides is 1. The summed E-state index contributed by atoms with van der Waals surface area (Å²) in [6.45, 7) is 5.00. The predicted molar refractivity (Wildman–Crippen MR) is 101 cm³/mol. The maximum atomic E-state index is 12.4. The molecule has 132 valence electrons. The first kappa shape index (κ1) is 17.8. The fourth-order valence-electron chi connectivity index (χ4n) is 2.65. The van der Waals surface area contributed by atoms with Crippen molar-refractivity contribution in [3.05, 3.63) is 52.5 Å². The number of fused-ring (bicyclic) bond motifs is 1. The molecule has 0 radical (unpaired) electrons. The van der Waals surface area contributed by atoms with E-state index >= 15 is 0 Å². The molecule has 6 heteroatoms. The Kier molecular flexibility index (Phi) is 5.94. The fraction of sp³-hybridized carbons (Fsp3) is 0.316. The third-order valence-corrected chi connectivity index (χ3v) is 4.49. The van der Waals surface area contributed by atoms with Crippen molar-refractivity contribution in [2.45, 2.75) is 13.5 Å². The number of rotatable bonds is 6. The minimum absolute atomic E-state index is 0.0457. The molecule has 0 saturated carbocycles. The van der Waals surface area contributed by atoms with Crippen LogP contribution in [0.2, 0.25) is 0 Å². The van der Waals surface area contributed by atoms with Crippen LogP contribution in [0.15, 0.2) is 46.9 Å². The van der Waals surface area contributed by atoms with E-state index in [0.29, 0.717) is 31.2 Å². The van der Waals surface area contributed by atoms with Gasteiger partial charge in [0.15, 0.2) is 11.5 Å². The van der Waals surface area contributed by atoms with Crippen molar-refractivity contribution in [1.29, 1.82) is 0 Å². The van der Waals surface area contributed by atoms with Gasteiger partial charge in [0.25, 0.3) is 0 Å². The van der Waals surface area contributed by atoms with Crippen molar-refractivity contribution in [3.63, 3.8) is 0 Å². The highest BCUT2D eigenvalue weighted by atomic mass is 79.9. The van der Waals surface area contributed by atoms with E-state index in [0.717, 1.165) is 23.3 Å². The highest BCUT2D eigenvalue weighted by Crippen LogP contribution is 2.32. The van der Waals surface area contributed by atoms with Gasteiger partial charge in [0.05, 0.1) is 6.54 Å². The minimum atomic E-state index is -0.0457. The van der Waals surface area contributed by atoms with Gasteiger partial charge in [-0.25, -0.2) is 0 Å². The standard InChI is InChI=1S/C19H21BrN2O3/c1-2-22(12-14-3-5-15(20)6-4-14)13-19(23)21-16-7-8-17-18(11-16)25-10-9-24-17/h3-8,11H,2,9-10,12-13H2,1H3,(H,21,23). The summed E-state index contributed by atoms with van der Waals surface area (Å²) in [6.07, 6.45) is 0. The fourth-order valence-corrected chi connectivity index (χ4v) is 2.92. The first-order chi connectivity index (χ1) is 12.1. The lowest BCUT2D eigenvalue weighted by Crippen LogP contribution is -2.32. The van der Waals surface area contributed by atoms with Gasteiger partial charge in [-0.05, 0) is 36.4 Å². The van der Waals surface area contributed by atoms with Crippen LogP contribution < -0.4 is 14.8 Å². The number of carbonyl (C=O) groups is 1. The van der Waals surface area contributed by atoms with Gasteiger partial charge in [0, 0.05) is 22.8 Å². The average molecular weight is 405 g/mol. The van der Waals surface area contributed by atoms with Crippen LogP contribution in [0.5, 0.6) is 11.5 Å². The Balaban J connectivity index is 1.57. The molecule has 25 heavy (non-hydrogen) atoms. The van der Waals surface area contributed by atoms with Gasteiger partial charge in [0.2, 0.25) is 5.91 Å². The van der Waals surface area contributed by atoms with E-state index in [1.54, 1.807) is 6.07 Å². The molecule has 1 N–H and O–H groups in total. The first-order valence-electron chi connectivity index (χ1n) is 8.30. The summed E-state index contributed by atoms with van der Waals surface area (Å²) < 4.78 is 12.1. The van der Waals surface area contributed by atoms with Crippen LogP contribution in [-0.2, 0) is 11.3 Å². The zero-order valence-electron chi connectivity index (χ0n) is 14.1. The van der Waals surface area contributed by atoms with Crippen LogP contribution >= 0.6 is 15.9 Å². The Morgan fingerprint density at radius 2 is 1.84 bits per heavy atom. The second-order valence-corrected chi connectivity index (χ2v) is 6.75. The zero-order valence-corrected chi connectivity index (χ0v) is 15.7. The molecule has 0 unspecified atom stereocenters. The molecular formula is C19H21BrN2O3. The predicted octanol–water partition coefficient (Wildman–Crippen LogP) is 3.68. The maximum absolute atomic E-state index is 12.4. The van der Waals surface area contributed by atoms with E-state index < -0.39 is 0 Å². The summed E-state index contributed by atoms with van der Waals surface area (Å²) in [7, 11) is 0. The summed E-state index contributed by atoms with van der Waals surface area (Å²) in [6, 6.07) is 13.6. The number of hydrogen-bond donors (Lipinski definition) is 1. The van der Waals surface area contributed by atoms with Crippen molar-refractivity contribution < 1.29 is 14.3 Å². The first-order valence-corrected chi connectivity index (χ1v) is 9.09. The number of anilines is 1. The van der Waals surface area contributed by atoms with Gasteiger partial charge in [-0.3, -0.25) is 9.69 Å². The minimum Gasteiger partial charge on any atom is -0.486 e. The Labute approximate surface area is 156 Å². The molecule has 0 atom stereocenters. The van der Waals surface area contributed by atoms with Gasteiger partial charge in [-0.2, -0.15) is 0 Å². The van der Waals surface area contributed by atoms with Crippen LogP contribution in [0.3, 0.4) is 0 Å². The monoisotopic (exact) mass is 404 g/mol. The molecule has 0 saturated heterocycles. The smallest absolute Gasteiger partial charge is 0.238 e. The second kappa shape index (κ2) is 8.36. The van der Waals surface area contributed by atoms with Crippen LogP contribution in [0, 0.1) is 0 Å². The average Bonchev–Trinajstić information content (AvgIpc) is 2.63. The van der Waals surface area contributed by atoms with Gasteiger partial charge in [0.1, 0.15) is 13.2 Å². The van der Waals surface area contributed by atoms with E-state index in [1.807, 2.05) is 24.3 Å². The van der Waals surface area contributed by atoms with Crippen LogP contribution in [0.25, 0.3) is 0 Å². The normalized spacial score (nSPS) is 12.9. The molecule has 0 fully saturated rings. The van der Waals surface area contributed by atoms with Gasteiger partial charge in [-0.15, -0.1) is 0 Å². The van der Waals surface area contributed by atoms with E-state index in [1.165, 1.54) is 5.56 Å². The molecule has 5 nitrogen and oxygen atoms in total. The third-order valence-electron chi connectivity index (χ3n) is 3.96. The van der Waals surface area contributed by atoms with E-state index in [-0.39, 0.29) is 5.91 Å². The molecule has 1 aliphatic rings. The van der Waals surface area contributed by atoms with Crippen molar-refractivity contribution in [1.82, 2.24) is 4.90 Å². The van der Waals surface area contributed by atoms with Crippen molar-refractivity contribution in [2.75, 3.05) is 31.6 Å². The Bertz CT molecular complexity index is 734. The number of likely N-dealkylation sites (N-methyl/N-ethyl adjacent to an activating group) is 1. The molecule has 0 bridgehead atoms. The number of ether oxygens (including phenoxy) is 2.